The molecule has 1 saturated heterocycles. The molecule has 0 N–H and O–H groups in total. The van der Waals surface area contributed by atoms with E-state index in [0.29, 0.717) is 5.56 Å². The van der Waals surface area contributed by atoms with Gasteiger partial charge in [-0.3, -0.25) is 14.5 Å². The minimum Gasteiger partial charge on any atom is -0.329 e. The molecule has 26 heavy (non-hydrogen) atoms. The number of hydrogen-bond donors (Lipinski definition) is 0. The van der Waals surface area contributed by atoms with Crippen LogP contribution in [0.5, 0.6) is 0 Å². The second-order valence-corrected chi connectivity index (χ2v) is 7.00. The molecule has 0 saturated carbocycles. The first-order valence-corrected chi connectivity index (χ1v) is 8.75. The number of hydrogen-bond acceptors (Lipinski definition) is 2. The molecule has 1 fully saturated rings. The highest BCUT2D eigenvalue weighted by atomic mass is 19.1. The SMILES string of the molecule is Cc1cccc(N2C(=O)CN(C(C)C)C(=O)[C@H]2c2ccc(F)cc2)c1C. The van der Waals surface area contributed by atoms with Crippen molar-refractivity contribution in [1.29, 1.82) is 0 Å². The Balaban J connectivity index is 2.16. The maximum absolute atomic E-state index is 13.4. The highest BCUT2D eigenvalue weighted by Gasteiger charge is 2.42. The van der Waals surface area contributed by atoms with E-state index in [1.807, 2.05) is 45.9 Å². The molecule has 0 bridgehead atoms. The number of amides is 2. The lowest BCUT2D eigenvalue weighted by atomic mass is 9.97. The van der Waals surface area contributed by atoms with E-state index < -0.39 is 6.04 Å². The third kappa shape index (κ3) is 3.09. The van der Waals surface area contributed by atoms with Crippen molar-refractivity contribution in [3.8, 4) is 0 Å². The van der Waals surface area contributed by atoms with Gasteiger partial charge in [-0.2, -0.15) is 0 Å². The van der Waals surface area contributed by atoms with E-state index >= 15 is 0 Å². The van der Waals surface area contributed by atoms with Crippen LogP contribution in [0.1, 0.15) is 36.6 Å². The molecule has 0 unspecified atom stereocenters. The minimum atomic E-state index is -0.792. The Hall–Kier alpha value is -2.69. The summed E-state index contributed by atoms with van der Waals surface area (Å²) in [6.45, 7) is 7.74. The summed E-state index contributed by atoms with van der Waals surface area (Å²) < 4.78 is 13.4. The first-order chi connectivity index (χ1) is 12.3. The fourth-order valence-corrected chi connectivity index (χ4v) is 3.36. The van der Waals surface area contributed by atoms with Crippen molar-refractivity contribution in [1.82, 2.24) is 4.90 Å². The highest BCUT2D eigenvalue weighted by molar-refractivity contribution is 6.07. The molecule has 1 aliphatic heterocycles. The predicted molar refractivity (Wildman–Crippen MR) is 99.4 cm³/mol. The van der Waals surface area contributed by atoms with Gasteiger partial charge in [0.25, 0.3) is 5.91 Å². The summed E-state index contributed by atoms with van der Waals surface area (Å²) in [5, 5.41) is 0. The zero-order valence-electron chi connectivity index (χ0n) is 15.5. The van der Waals surface area contributed by atoms with Crippen LogP contribution in [-0.4, -0.2) is 29.3 Å². The Morgan fingerprint density at radius 3 is 2.31 bits per heavy atom. The van der Waals surface area contributed by atoms with Crippen molar-refractivity contribution >= 4 is 17.5 Å². The minimum absolute atomic E-state index is 0.0432. The molecule has 0 radical (unpaired) electrons. The summed E-state index contributed by atoms with van der Waals surface area (Å²) in [6.07, 6.45) is 0. The Morgan fingerprint density at radius 1 is 1.04 bits per heavy atom. The van der Waals surface area contributed by atoms with Crippen LogP contribution in [-0.2, 0) is 9.59 Å². The van der Waals surface area contributed by atoms with Gasteiger partial charge in [0.15, 0.2) is 0 Å². The molecule has 4 nitrogen and oxygen atoms in total. The number of nitrogens with zero attached hydrogens (tertiary/aromatic N) is 2. The standard InChI is InChI=1S/C21H23FN2O2/c1-13(2)23-12-19(25)24(18-7-5-6-14(3)15(18)4)20(21(23)26)16-8-10-17(22)11-9-16/h5-11,13,20H,12H2,1-4H3/t20-/m1/s1. The average molecular weight is 354 g/mol. The molecule has 2 aromatic rings. The third-order valence-corrected chi connectivity index (χ3v) is 4.99. The summed E-state index contributed by atoms with van der Waals surface area (Å²) in [7, 11) is 0. The van der Waals surface area contributed by atoms with Gasteiger partial charge in [0.2, 0.25) is 5.91 Å². The van der Waals surface area contributed by atoms with Crippen molar-refractivity contribution < 1.29 is 14.0 Å². The molecule has 136 valence electrons. The van der Waals surface area contributed by atoms with E-state index in [4.69, 9.17) is 0 Å². The van der Waals surface area contributed by atoms with Crippen LogP contribution in [0, 0.1) is 19.7 Å². The van der Waals surface area contributed by atoms with Gasteiger partial charge in [-0.05, 0) is 62.6 Å². The maximum atomic E-state index is 13.4. The third-order valence-electron chi connectivity index (χ3n) is 4.99. The first kappa shape index (κ1) is 18.1. The number of carbonyl (C=O) groups excluding carboxylic acids is 2. The normalized spacial score (nSPS) is 18.0. The van der Waals surface area contributed by atoms with Gasteiger partial charge in [0.05, 0.1) is 0 Å². The summed E-state index contributed by atoms with van der Waals surface area (Å²) in [5.41, 5.74) is 3.34. The monoisotopic (exact) mass is 354 g/mol. The van der Waals surface area contributed by atoms with Gasteiger partial charge in [-0.25, -0.2) is 4.39 Å². The fourth-order valence-electron chi connectivity index (χ4n) is 3.36. The number of rotatable bonds is 3. The van der Waals surface area contributed by atoms with Gasteiger partial charge in [0.1, 0.15) is 18.4 Å². The summed E-state index contributed by atoms with van der Waals surface area (Å²) in [5.74, 6) is -0.657. The van der Waals surface area contributed by atoms with Gasteiger partial charge < -0.3 is 4.90 Å². The van der Waals surface area contributed by atoms with Crippen molar-refractivity contribution in [3.05, 3.63) is 65.0 Å². The van der Waals surface area contributed by atoms with Crippen LogP contribution in [0.2, 0.25) is 0 Å². The van der Waals surface area contributed by atoms with Crippen molar-refractivity contribution in [3.63, 3.8) is 0 Å². The van der Waals surface area contributed by atoms with E-state index in [1.54, 1.807) is 21.9 Å². The van der Waals surface area contributed by atoms with Crippen molar-refractivity contribution in [2.75, 3.05) is 11.4 Å². The Morgan fingerprint density at radius 2 is 1.69 bits per heavy atom. The van der Waals surface area contributed by atoms with E-state index in [0.717, 1.165) is 16.8 Å². The van der Waals surface area contributed by atoms with Crippen LogP contribution in [0.25, 0.3) is 0 Å². The first-order valence-electron chi connectivity index (χ1n) is 8.75. The summed E-state index contributed by atoms with van der Waals surface area (Å²) >= 11 is 0. The van der Waals surface area contributed by atoms with Crippen LogP contribution < -0.4 is 4.90 Å². The molecule has 3 rings (SSSR count). The fraction of sp³-hybridized carbons (Fsp3) is 0.333. The molecule has 1 aliphatic rings. The second-order valence-electron chi connectivity index (χ2n) is 7.00. The molecule has 5 heteroatoms. The summed E-state index contributed by atoms with van der Waals surface area (Å²) in [6, 6.07) is 10.6. The predicted octanol–water partition coefficient (Wildman–Crippen LogP) is 3.77. The van der Waals surface area contributed by atoms with Crippen molar-refractivity contribution in [2.45, 2.75) is 39.8 Å². The number of piperazine rings is 1. The topological polar surface area (TPSA) is 40.6 Å². The van der Waals surface area contributed by atoms with Crippen molar-refractivity contribution in [2.24, 2.45) is 0 Å². The molecule has 1 heterocycles. The lowest BCUT2D eigenvalue weighted by Gasteiger charge is -2.42. The molecule has 0 aliphatic carbocycles. The van der Waals surface area contributed by atoms with Crippen LogP contribution in [0.3, 0.4) is 0 Å². The molecule has 0 aromatic heterocycles. The Bertz CT molecular complexity index is 846. The average Bonchev–Trinajstić information content (AvgIpc) is 2.60. The van der Waals surface area contributed by atoms with E-state index in [2.05, 4.69) is 0 Å². The second kappa shape index (κ2) is 6.90. The van der Waals surface area contributed by atoms with Gasteiger partial charge in [-0.1, -0.05) is 24.3 Å². The lowest BCUT2D eigenvalue weighted by molar-refractivity contribution is -0.143. The number of benzene rings is 2. The van der Waals surface area contributed by atoms with Gasteiger partial charge in [0, 0.05) is 11.7 Å². The van der Waals surface area contributed by atoms with E-state index in [-0.39, 0.29) is 30.2 Å². The quantitative estimate of drug-likeness (QED) is 0.842. The number of carbonyl (C=O) groups is 2. The summed E-state index contributed by atoms with van der Waals surface area (Å²) in [4.78, 5) is 29.4. The number of anilines is 1. The largest absolute Gasteiger partial charge is 0.329 e. The van der Waals surface area contributed by atoms with Gasteiger partial charge >= 0.3 is 0 Å². The Kier molecular flexibility index (Phi) is 4.81. The van der Waals surface area contributed by atoms with E-state index in [9.17, 15) is 14.0 Å². The molecule has 2 aromatic carbocycles. The molecule has 1 atom stereocenters. The van der Waals surface area contributed by atoms with Crippen LogP contribution >= 0.6 is 0 Å². The van der Waals surface area contributed by atoms with E-state index in [1.165, 1.54) is 12.1 Å². The molecular formula is C21H23FN2O2. The number of halogens is 1. The highest BCUT2D eigenvalue weighted by Crippen LogP contribution is 2.35. The molecular weight excluding hydrogens is 331 g/mol. The Labute approximate surface area is 153 Å². The molecule has 0 spiro atoms. The van der Waals surface area contributed by atoms with Crippen LogP contribution in [0.15, 0.2) is 42.5 Å². The molecule has 2 amide bonds. The smallest absolute Gasteiger partial charge is 0.251 e. The van der Waals surface area contributed by atoms with Gasteiger partial charge in [-0.15, -0.1) is 0 Å². The lowest BCUT2D eigenvalue weighted by Crippen LogP contribution is -2.57. The number of aryl methyl sites for hydroxylation is 1. The zero-order valence-corrected chi connectivity index (χ0v) is 15.5. The zero-order chi connectivity index (χ0) is 19.0. The maximum Gasteiger partial charge on any atom is 0.251 e. The van der Waals surface area contributed by atoms with Crippen LogP contribution in [0.4, 0.5) is 10.1 Å².